The number of benzene rings is 1. The highest BCUT2D eigenvalue weighted by molar-refractivity contribution is 7.15. The van der Waals surface area contributed by atoms with Gasteiger partial charge in [-0.15, -0.1) is 0 Å². The molecule has 1 aliphatic rings. The monoisotopic (exact) mass is 411 g/mol. The first-order valence-corrected chi connectivity index (χ1v) is 10.2. The largest absolute Gasteiger partial charge is 0.497 e. The van der Waals surface area contributed by atoms with Gasteiger partial charge in [0.05, 0.1) is 25.2 Å². The molecule has 1 amide bonds. The Morgan fingerprint density at radius 1 is 1.24 bits per heavy atom. The van der Waals surface area contributed by atoms with Gasteiger partial charge in [-0.1, -0.05) is 11.3 Å². The predicted octanol–water partition coefficient (Wildman–Crippen LogP) is 3.03. The summed E-state index contributed by atoms with van der Waals surface area (Å²) in [6, 6.07) is 11.6. The first-order valence-electron chi connectivity index (χ1n) is 9.41. The van der Waals surface area contributed by atoms with Crippen LogP contribution in [0.4, 0.5) is 10.8 Å². The lowest BCUT2D eigenvalue weighted by molar-refractivity contribution is -0.341. The van der Waals surface area contributed by atoms with Gasteiger partial charge in [0.2, 0.25) is 0 Å². The summed E-state index contributed by atoms with van der Waals surface area (Å²) in [5.41, 5.74) is 3.38. The van der Waals surface area contributed by atoms with Gasteiger partial charge in [-0.05, 0) is 43.3 Å². The average Bonchev–Trinajstić information content (AvgIpc) is 3.14. The maximum absolute atomic E-state index is 12.7. The molecule has 2 aromatic heterocycles. The van der Waals surface area contributed by atoms with E-state index in [-0.39, 0.29) is 5.91 Å². The van der Waals surface area contributed by atoms with Crippen LogP contribution < -0.4 is 19.9 Å². The maximum Gasteiger partial charge on any atom is 0.358 e. The number of ether oxygens (including phenoxy) is 2. The fraction of sp³-hybridized carbons (Fsp3) is 0.286. The van der Waals surface area contributed by atoms with E-state index in [0.29, 0.717) is 24.0 Å². The fourth-order valence-corrected chi connectivity index (χ4v) is 4.12. The zero-order valence-electron chi connectivity index (χ0n) is 16.4. The van der Waals surface area contributed by atoms with Crippen molar-refractivity contribution < 1.29 is 19.3 Å². The molecule has 0 bridgehead atoms. The number of aromatic amines is 1. The molecule has 3 heterocycles. The lowest BCUT2D eigenvalue weighted by atomic mass is 10.1. The standard InChI is InChI=1S/C21H22N4O3S/c1-14-19(15-3-5-17(27-2)6-4-15)23-21(29-14)24-20(26)18-13-16(7-8-22-18)25-9-11-28-12-10-25/h3-8,13H,9-12H2,1-2H3,(H,23,24,26)/p+1. The van der Waals surface area contributed by atoms with E-state index in [2.05, 4.69) is 20.2 Å². The maximum atomic E-state index is 12.7. The van der Waals surface area contributed by atoms with Crippen LogP contribution in [0.5, 0.6) is 5.75 Å². The highest BCUT2D eigenvalue weighted by Gasteiger charge is 2.21. The summed E-state index contributed by atoms with van der Waals surface area (Å²) in [6.45, 7) is 5.04. The molecule has 2 N–H and O–H groups in total. The van der Waals surface area contributed by atoms with Gasteiger partial charge in [0, 0.05) is 30.5 Å². The van der Waals surface area contributed by atoms with Crippen molar-refractivity contribution in [1.29, 1.82) is 0 Å². The zero-order valence-corrected chi connectivity index (χ0v) is 17.2. The van der Waals surface area contributed by atoms with E-state index in [9.17, 15) is 4.79 Å². The van der Waals surface area contributed by atoms with Crippen molar-refractivity contribution in [2.75, 3.05) is 43.6 Å². The van der Waals surface area contributed by atoms with Crippen LogP contribution in [0.25, 0.3) is 11.3 Å². The van der Waals surface area contributed by atoms with E-state index in [1.54, 1.807) is 13.3 Å². The molecule has 4 rings (SSSR count). The average molecular weight is 412 g/mol. The molecule has 8 heteroatoms. The quantitative estimate of drug-likeness (QED) is 0.698. The van der Waals surface area contributed by atoms with E-state index in [1.165, 1.54) is 11.3 Å². The number of aromatic nitrogens is 2. The second-order valence-corrected chi connectivity index (χ2v) is 7.89. The number of nitrogens with one attached hydrogen (secondary N) is 2. The normalized spacial score (nSPS) is 13.9. The molecule has 0 spiro atoms. The van der Waals surface area contributed by atoms with Gasteiger partial charge in [0.25, 0.3) is 0 Å². The van der Waals surface area contributed by atoms with Gasteiger partial charge in [-0.25, -0.2) is 14.8 Å². The molecular formula is C21H23N4O3S+. The minimum atomic E-state index is -0.237. The lowest BCUT2D eigenvalue weighted by Gasteiger charge is -2.28. The highest BCUT2D eigenvalue weighted by Crippen LogP contribution is 2.28. The van der Waals surface area contributed by atoms with Crippen molar-refractivity contribution in [2.45, 2.75) is 6.92 Å². The number of thiazole rings is 1. The van der Waals surface area contributed by atoms with Crippen LogP contribution in [0.3, 0.4) is 0 Å². The van der Waals surface area contributed by atoms with Crippen molar-refractivity contribution in [3.8, 4) is 17.0 Å². The molecule has 1 fully saturated rings. The Balaban J connectivity index is 1.50. The second-order valence-electron chi connectivity index (χ2n) is 6.67. The molecule has 0 unspecified atom stereocenters. The number of hydrogen-bond acceptors (Lipinski definition) is 6. The minimum Gasteiger partial charge on any atom is -0.497 e. The van der Waals surface area contributed by atoms with Crippen molar-refractivity contribution >= 4 is 28.1 Å². The van der Waals surface area contributed by atoms with Gasteiger partial charge in [0.15, 0.2) is 5.69 Å². The number of rotatable bonds is 5. The molecule has 1 saturated heterocycles. The number of carbonyl (C=O) groups excluding carboxylic acids is 1. The number of methoxy groups -OCH3 is 1. The first-order chi connectivity index (χ1) is 14.1. The second kappa shape index (κ2) is 8.59. The number of hydrogen-bond donors (Lipinski definition) is 1. The Morgan fingerprint density at radius 2 is 2.00 bits per heavy atom. The van der Waals surface area contributed by atoms with Crippen LogP contribution >= 0.6 is 11.3 Å². The summed E-state index contributed by atoms with van der Waals surface area (Å²) in [5, 5.41) is 3.61. The van der Waals surface area contributed by atoms with Gasteiger partial charge in [-0.3, -0.25) is 0 Å². The Bertz CT molecular complexity index is 997. The van der Waals surface area contributed by atoms with E-state index in [0.717, 1.165) is 40.7 Å². The SMILES string of the molecule is COc1ccc(-c2[nH+]c(NC(=O)c3cc(N4CCOCC4)ccn3)sc2C)cc1. The van der Waals surface area contributed by atoms with Crippen LogP contribution in [0.2, 0.25) is 0 Å². The zero-order chi connectivity index (χ0) is 20.2. The summed E-state index contributed by atoms with van der Waals surface area (Å²) in [7, 11) is 1.65. The van der Waals surface area contributed by atoms with E-state index >= 15 is 0 Å². The number of pyridine rings is 1. The Kier molecular flexibility index (Phi) is 5.73. The molecule has 0 radical (unpaired) electrons. The Labute approximate surface area is 173 Å². The molecule has 150 valence electrons. The topological polar surface area (TPSA) is 77.8 Å². The Morgan fingerprint density at radius 3 is 2.72 bits per heavy atom. The summed E-state index contributed by atoms with van der Waals surface area (Å²) < 4.78 is 10.6. The third-order valence-electron chi connectivity index (χ3n) is 4.80. The van der Waals surface area contributed by atoms with Crippen LogP contribution in [-0.4, -0.2) is 44.3 Å². The number of nitrogens with zero attached hydrogens (tertiary/aromatic N) is 2. The molecule has 0 atom stereocenters. The third kappa shape index (κ3) is 4.38. The molecule has 0 aliphatic carbocycles. The highest BCUT2D eigenvalue weighted by atomic mass is 32.1. The van der Waals surface area contributed by atoms with E-state index in [1.807, 2.05) is 43.3 Å². The third-order valence-corrected chi connectivity index (χ3v) is 5.72. The molecule has 0 saturated carbocycles. The summed E-state index contributed by atoms with van der Waals surface area (Å²) in [6.07, 6.45) is 1.67. The van der Waals surface area contributed by atoms with Crippen LogP contribution in [0.1, 0.15) is 15.4 Å². The number of amides is 1. The molecular weight excluding hydrogens is 388 g/mol. The molecule has 3 aromatic rings. The minimum absolute atomic E-state index is 0.237. The van der Waals surface area contributed by atoms with E-state index in [4.69, 9.17) is 9.47 Å². The smallest absolute Gasteiger partial charge is 0.358 e. The molecule has 7 nitrogen and oxygen atoms in total. The van der Waals surface area contributed by atoms with Crippen molar-refractivity contribution in [3.05, 3.63) is 53.2 Å². The molecule has 1 aliphatic heterocycles. The van der Waals surface area contributed by atoms with E-state index < -0.39 is 0 Å². The van der Waals surface area contributed by atoms with Gasteiger partial charge in [0.1, 0.15) is 11.4 Å². The number of H-pyrrole nitrogens is 1. The number of carbonyl (C=O) groups is 1. The summed E-state index contributed by atoms with van der Waals surface area (Å²) in [5.74, 6) is 0.570. The summed E-state index contributed by atoms with van der Waals surface area (Å²) in [4.78, 5) is 23.6. The lowest BCUT2D eigenvalue weighted by Crippen LogP contribution is -2.36. The first kappa shape index (κ1) is 19.4. The van der Waals surface area contributed by atoms with Crippen LogP contribution in [0, 0.1) is 6.92 Å². The predicted molar refractivity (Wildman–Crippen MR) is 113 cm³/mol. The van der Waals surface area contributed by atoms with Crippen LogP contribution in [-0.2, 0) is 4.74 Å². The fourth-order valence-electron chi connectivity index (χ4n) is 3.25. The molecule has 1 aromatic carbocycles. The molecule has 29 heavy (non-hydrogen) atoms. The number of morpholine rings is 1. The van der Waals surface area contributed by atoms with Crippen LogP contribution in [0.15, 0.2) is 42.6 Å². The van der Waals surface area contributed by atoms with Crippen molar-refractivity contribution in [2.24, 2.45) is 0 Å². The number of anilines is 2. The van der Waals surface area contributed by atoms with Crippen molar-refractivity contribution in [3.63, 3.8) is 0 Å². The van der Waals surface area contributed by atoms with Gasteiger partial charge < -0.3 is 14.4 Å². The summed E-state index contributed by atoms with van der Waals surface area (Å²) >= 11 is 1.50. The van der Waals surface area contributed by atoms with Gasteiger partial charge >= 0.3 is 11.0 Å². The Hall–Kier alpha value is -2.97. The number of aryl methyl sites for hydroxylation is 1. The van der Waals surface area contributed by atoms with Crippen molar-refractivity contribution in [1.82, 2.24) is 4.98 Å². The van der Waals surface area contributed by atoms with Gasteiger partial charge in [-0.2, -0.15) is 5.32 Å².